The molecular formula is C41H26N2S. The van der Waals surface area contributed by atoms with Gasteiger partial charge >= 0.3 is 0 Å². The molecule has 3 heteroatoms. The van der Waals surface area contributed by atoms with Gasteiger partial charge in [-0.25, -0.2) is 0 Å². The van der Waals surface area contributed by atoms with Crippen LogP contribution in [0.5, 0.6) is 0 Å². The summed E-state index contributed by atoms with van der Waals surface area (Å²) in [6, 6.07) is 52.6. The normalized spacial score (nSPS) is 11.6. The monoisotopic (exact) mass is 578 g/mol. The van der Waals surface area contributed by atoms with E-state index in [-0.39, 0.29) is 0 Å². The summed E-state index contributed by atoms with van der Waals surface area (Å²) in [7, 11) is 0. The van der Waals surface area contributed by atoms with Crippen molar-refractivity contribution < 1.29 is 0 Å². The number of hydrogen-bond donors (Lipinski definition) is 0. The van der Waals surface area contributed by atoms with Gasteiger partial charge in [-0.1, -0.05) is 103 Å². The van der Waals surface area contributed by atoms with Gasteiger partial charge in [0.2, 0.25) is 0 Å². The van der Waals surface area contributed by atoms with Crippen LogP contribution in [0.15, 0.2) is 158 Å². The molecule has 6 aromatic carbocycles. The first kappa shape index (κ1) is 25.0. The third-order valence-electron chi connectivity index (χ3n) is 8.67. The molecule has 0 spiro atoms. The smallest absolute Gasteiger partial charge is 0.0541 e. The molecule has 9 rings (SSSR count). The molecule has 0 aliphatic rings. The van der Waals surface area contributed by atoms with Gasteiger partial charge in [0.15, 0.2) is 0 Å². The number of pyridine rings is 1. The topological polar surface area (TPSA) is 17.8 Å². The summed E-state index contributed by atoms with van der Waals surface area (Å²) >= 11 is 1.84. The van der Waals surface area contributed by atoms with E-state index < -0.39 is 0 Å². The van der Waals surface area contributed by atoms with Crippen molar-refractivity contribution in [3.05, 3.63) is 158 Å². The number of rotatable bonds is 4. The summed E-state index contributed by atoms with van der Waals surface area (Å²) in [4.78, 5) is 4.64. The van der Waals surface area contributed by atoms with E-state index in [4.69, 9.17) is 0 Å². The standard InChI is InChI=1S/C41H26N2S/c1-4-19-38-33(16-1)34-17-2-5-20-39(34)43(38)32-15-9-13-30(24-32)28-11-7-10-27(22-28)29-12-8-14-31(23-29)36-25-42-26-37-35-18-3-6-21-40(35)44-41(36)37/h1-26H. The van der Waals surface area contributed by atoms with Gasteiger partial charge in [0.1, 0.15) is 0 Å². The molecule has 9 aromatic rings. The average molecular weight is 579 g/mol. The lowest BCUT2D eigenvalue weighted by Gasteiger charge is -2.12. The Labute approximate surface area is 259 Å². The second-order valence-electron chi connectivity index (χ2n) is 11.2. The van der Waals surface area contributed by atoms with Gasteiger partial charge in [0, 0.05) is 54.6 Å². The Kier molecular flexibility index (Phi) is 5.71. The van der Waals surface area contributed by atoms with Crippen LogP contribution < -0.4 is 0 Å². The Balaban J connectivity index is 1.13. The predicted octanol–water partition coefficient (Wildman–Crippen LogP) is 11.5. The van der Waals surface area contributed by atoms with Gasteiger partial charge < -0.3 is 4.57 Å². The fraction of sp³-hybridized carbons (Fsp3) is 0. The molecule has 0 N–H and O–H groups in total. The molecule has 0 radical (unpaired) electrons. The van der Waals surface area contributed by atoms with E-state index in [9.17, 15) is 0 Å². The van der Waals surface area contributed by atoms with E-state index in [0.29, 0.717) is 0 Å². The zero-order chi connectivity index (χ0) is 29.0. The number of fused-ring (bicyclic) bond motifs is 6. The van der Waals surface area contributed by atoms with E-state index >= 15 is 0 Å². The van der Waals surface area contributed by atoms with E-state index in [1.165, 1.54) is 75.4 Å². The first-order valence-corrected chi connectivity index (χ1v) is 15.7. The lowest BCUT2D eigenvalue weighted by atomic mass is 9.96. The maximum Gasteiger partial charge on any atom is 0.0541 e. The highest BCUT2D eigenvalue weighted by molar-refractivity contribution is 7.26. The molecule has 206 valence electrons. The van der Waals surface area contributed by atoms with Crippen molar-refractivity contribution in [3.63, 3.8) is 0 Å². The zero-order valence-electron chi connectivity index (χ0n) is 23.8. The van der Waals surface area contributed by atoms with Gasteiger partial charge in [0.05, 0.1) is 11.0 Å². The maximum atomic E-state index is 4.64. The van der Waals surface area contributed by atoms with Crippen LogP contribution in [0.3, 0.4) is 0 Å². The van der Waals surface area contributed by atoms with Crippen LogP contribution >= 0.6 is 11.3 Å². The van der Waals surface area contributed by atoms with Crippen molar-refractivity contribution in [1.29, 1.82) is 0 Å². The van der Waals surface area contributed by atoms with Crippen molar-refractivity contribution in [2.24, 2.45) is 0 Å². The molecule has 0 unspecified atom stereocenters. The lowest BCUT2D eigenvalue weighted by molar-refractivity contribution is 1.18. The Bertz CT molecular complexity index is 2460. The van der Waals surface area contributed by atoms with Crippen molar-refractivity contribution in [3.8, 4) is 39.1 Å². The van der Waals surface area contributed by atoms with Crippen molar-refractivity contribution in [1.82, 2.24) is 9.55 Å². The summed E-state index contributed by atoms with van der Waals surface area (Å²) in [6.45, 7) is 0. The summed E-state index contributed by atoms with van der Waals surface area (Å²) in [5, 5.41) is 5.04. The molecule has 0 aliphatic carbocycles. The molecule has 0 saturated carbocycles. The third kappa shape index (κ3) is 3.98. The van der Waals surface area contributed by atoms with Gasteiger partial charge in [-0.3, -0.25) is 4.98 Å². The van der Waals surface area contributed by atoms with E-state index in [1.54, 1.807) is 0 Å². The molecule has 0 aliphatic heterocycles. The van der Waals surface area contributed by atoms with Crippen LogP contribution in [-0.2, 0) is 0 Å². The van der Waals surface area contributed by atoms with Gasteiger partial charge in [0.25, 0.3) is 0 Å². The minimum Gasteiger partial charge on any atom is -0.309 e. The van der Waals surface area contributed by atoms with Gasteiger partial charge in [-0.05, 0) is 70.3 Å². The Morgan fingerprint density at radius 2 is 0.977 bits per heavy atom. The number of benzene rings is 6. The Morgan fingerprint density at radius 1 is 0.432 bits per heavy atom. The van der Waals surface area contributed by atoms with Crippen LogP contribution in [-0.4, -0.2) is 9.55 Å². The van der Waals surface area contributed by atoms with E-state index in [1.807, 2.05) is 23.7 Å². The number of nitrogens with zero attached hydrogens (tertiary/aromatic N) is 2. The highest BCUT2D eigenvalue weighted by atomic mass is 32.1. The maximum absolute atomic E-state index is 4.64. The number of thiophene rings is 1. The zero-order valence-corrected chi connectivity index (χ0v) is 24.6. The third-order valence-corrected chi connectivity index (χ3v) is 9.89. The molecule has 0 saturated heterocycles. The molecular weight excluding hydrogens is 553 g/mol. The lowest BCUT2D eigenvalue weighted by Crippen LogP contribution is -1.94. The van der Waals surface area contributed by atoms with E-state index in [0.717, 1.165) is 5.69 Å². The largest absolute Gasteiger partial charge is 0.309 e. The number of aromatic nitrogens is 2. The van der Waals surface area contributed by atoms with Crippen molar-refractivity contribution in [2.45, 2.75) is 0 Å². The first-order chi connectivity index (χ1) is 21.8. The van der Waals surface area contributed by atoms with Gasteiger partial charge in [-0.2, -0.15) is 0 Å². The minimum absolute atomic E-state index is 1.16. The molecule has 3 heterocycles. The quantitative estimate of drug-likeness (QED) is 0.203. The molecule has 0 atom stereocenters. The first-order valence-electron chi connectivity index (χ1n) is 14.9. The summed E-state index contributed by atoms with van der Waals surface area (Å²) in [5.74, 6) is 0. The minimum atomic E-state index is 1.16. The molecule has 44 heavy (non-hydrogen) atoms. The number of para-hydroxylation sites is 2. The highest BCUT2D eigenvalue weighted by Crippen LogP contribution is 2.40. The van der Waals surface area contributed by atoms with Crippen molar-refractivity contribution >= 4 is 53.3 Å². The summed E-state index contributed by atoms with van der Waals surface area (Å²) in [5.41, 5.74) is 10.8. The summed E-state index contributed by atoms with van der Waals surface area (Å²) < 4.78 is 4.96. The molecule has 2 nitrogen and oxygen atoms in total. The molecule has 0 bridgehead atoms. The Hall–Kier alpha value is -5.51. The number of hydrogen-bond acceptors (Lipinski definition) is 2. The van der Waals surface area contributed by atoms with Crippen LogP contribution in [0.25, 0.3) is 81.0 Å². The van der Waals surface area contributed by atoms with Crippen LogP contribution in [0.4, 0.5) is 0 Å². The molecule has 3 aromatic heterocycles. The summed E-state index contributed by atoms with van der Waals surface area (Å²) in [6.07, 6.45) is 4.01. The van der Waals surface area contributed by atoms with Crippen LogP contribution in [0, 0.1) is 0 Å². The fourth-order valence-electron chi connectivity index (χ4n) is 6.61. The second kappa shape index (κ2) is 10.0. The highest BCUT2D eigenvalue weighted by Gasteiger charge is 2.14. The fourth-order valence-corrected chi connectivity index (χ4v) is 7.82. The predicted molar refractivity (Wildman–Crippen MR) is 188 cm³/mol. The molecule has 0 amide bonds. The SMILES string of the molecule is c1cc(-c2cccc(-c3cncc4c3sc3ccccc34)c2)cc(-c2cccc(-n3c4ccccc4c4ccccc43)c2)c1. The van der Waals surface area contributed by atoms with Gasteiger partial charge in [-0.15, -0.1) is 11.3 Å². The van der Waals surface area contributed by atoms with Crippen LogP contribution in [0.2, 0.25) is 0 Å². The molecule has 0 fully saturated rings. The van der Waals surface area contributed by atoms with Crippen LogP contribution in [0.1, 0.15) is 0 Å². The Morgan fingerprint density at radius 3 is 1.68 bits per heavy atom. The van der Waals surface area contributed by atoms with Crippen molar-refractivity contribution in [2.75, 3.05) is 0 Å². The average Bonchev–Trinajstić information content (AvgIpc) is 3.65. The second-order valence-corrected chi connectivity index (χ2v) is 12.3. The van der Waals surface area contributed by atoms with E-state index in [2.05, 4.69) is 155 Å².